The fourth-order valence-corrected chi connectivity index (χ4v) is 1.75. The van der Waals surface area contributed by atoms with E-state index < -0.39 is 0 Å². The minimum absolute atomic E-state index is 0.0163. The standard InChI is InChI=1S/C15H22N2O/c1-15(2,12-18)7-4-8-17-11-14-6-3-5-13(9-14)10-16/h3,5-6,9,17-18H,4,7-8,11-12H2,1-2H3. The van der Waals surface area contributed by atoms with Crippen molar-refractivity contribution in [2.24, 2.45) is 5.41 Å². The number of hydrogen-bond donors (Lipinski definition) is 2. The van der Waals surface area contributed by atoms with E-state index >= 15 is 0 Å². The molecule has 0 atom stereocenters. The Kier molecular flexibility index (Phi) is 5.84. The largest absolute Gasteiger partial charge is 0.396 e. The molecule has 0 aliphatic rings. The number of aliphatic hydroxyl groups excluding tert-OH is 1. The molecule has 0 radical (unpaired) electrons. The highest BCUT2D eigenvalue weighted by atomic mass is 16.3. The molecule has 0 saturated carbocycles. The van der Waals surface area contributed by atoms with E-state index in [2.05, 4.69) is 25.2 Å². The number of benzene rings is 1. The maximum Gasteiger partial charge on any atom is 0.0991 e. The number of nitriles is 1. The predicted octanol–water partition coefficient (Wildman–Crippen LogP) is 2.45. The minimum atomic E-state index is 0.0163. The van der Waals surface area contributed by atoms with Gasteiger partial charge in [0.2, 0.25) is 0 Å². The van der Waals surface area contributed by atoms with E-state index in [9.17, 15) is 0 Å². The molecular formula is C15H22N2O. The first-order valence-corrected chi connectivity index (χ1v) is 6.38. The Labute approximate surface area is 109 Å². The molecule has 0 unspecified atom stereocenters. The average molecular weight is 246 g/mol. The molecule has 0 aliphatic heterocycles. The Morgan fingerprint density at radius 3 is 2.83 bits per heavy atom. The fraction of sp³-hybridized carbons (Fsp3) is 0.533. The van der Waals surface area contributed by atoms with Crippen molar-refractivity contribution >= 4 is 0 Å². The number of aliphatic hydroxyl groups is 1. The molecule has 2 N–H and O–H groups in total. The number of nitrogens with one attached hydrogen (secondary N) is 1. The van der Waals surface area contributed by atoms with Crippen molar-refractivity contribution in [3.63, 3.8) is 0 Å². The zero-order valence-electron chi connectivity index (χ0n) is 11.2. The van der Waals surface area contributed by atoms with E-state index in [4.69, 9.17) is 10.4 Å². The summed E-state index contributed by atoms with van der Waals surface area (Å²) in [5, 5.41) is 21.3. The van der Waals surface area contributed by atoms with Crippen molar-refractivity contribution in [2.75, 3.05) is 13.2 Å². The van der Waals surface area contributed by atoms with E-state index in [0.29, 0.717) is 5.56 Å². The molecule has 1 rings (SSSR count). The lowest BCUT2D eigenvalue weighted by Crippen LogP contribution is -2.20. The summed E-state index contributed by atoms with van der Waals surface area (Å²) in [7, 11) is 0. The van der Waals surface area contributed by atoms with Crippen LogP contribution in [-0.2, 0) is 6.54 Å². The van der Waals surface area contributed by atoms with Crippen LogP contribution in [0.1, 0.15) is 37.8 Å². The van der Waals surface area contributed by atoms with Crippen molar-refractivity contribution < 1.29 is 5.11 Å². The first-order valence-electron chi connectivity index (χ1n) is 6.38. The molecule has 0 spiro atoms. The Bertz CT molecular complexity index is 407. The second-order valence-electron chi connectivity index (χ2n) is 5.41. The molecule has 1 aromatic carbocycles. The van der Waals surface area contributed by atoms with Gasteiger partial charge in [-0.25, -0.2) is 0 Å². The summed E-state index contributed by atoms with van der Waals surface area (Å²) in [6.45, 7) is 6.10. The van der Waals surface area contributed by atoms with Gasteiger partial charge in [-0.1, -0.05) is 26.0 Å². The van der Waals surface area contributed by atoms with E-state index in [1.807, 2.05) is 24.3 Å². The lowest BCUT2D eigenvalue weighted by atomic mass is 9.89. The molecule has 0 heterocycles. The molecule has 18 heavy (non-hydrogen) atoms. The highest BCUT2D eigenvalue weighted by Gasteiger charge is 2.14. The molecule has 3 nitrogen and oxygen atoms in total. The lowest BCUT2D eigenvalue weighted by Gasteiger charge is -2.21. The summed E-state index contributed by atoms with van der Waals surface area (Å²) in [5.41, 5.74) is 1.86. The summed E-state index contributed by atoms with van der Waals surface area (Å²) >= 11 is 0. The van der Waals surface area contributed by atoms with E-state index in [0.717, 1.165) is 31.5 Å². The van der Waals surface area contributed by atoms with Crippen molar-refractivity contribution in [1.29, 1.82) is 5.26 Å². The number of rotatable bonds is 7. The Morgan fingerprint density at radius 1 is 1.39 bits per heavy atom. The maximum absolute atomic E-state index is 9.14. The Hall–Kier alpha value is -1.37. The highest BCUT2D eigenvalue weighted by molar-refractivity contribution is 5.32. The summed E-state index contributed by atoms with van der Waals surface area (Å²) in [6, 6.07) is 9.79. The molecule has 0 bridgehead atoms. The maximum atomic E-state index is 9.14. The van der Waals surface area contributed by atoms with Gasteiger partial charge in [0, 0.05) is 13.2 Å². The fourth-order valence-electron chi connectivity index (χ4n) is 1.75. The number of hydrogen-bond acceptors (Lipinski definition) is 3. The molecule has 0 aliphatic carbocycles. The van der Waals surface area contributed by atoms with Gasteiger partial charge >= 0.3 is 0 Å². The highest BCUT2D eigenvalue weighted by Crippen LogP contribution is 2.20. The van der Waals surface area contributed by atoms with Gasteiger partial charge in [-0.2, -0.15) is 5.26 Å². The average Bonchev–Trinajstić information content (AvgIpc) is 2.38. The van der Waals surface area contributed by atoms with Gasteiger partial charge < -0.3 is 10.4 Å². The van der Waals surface area contributed by atoms with Gasteiger partial charge in [-0.3, -0.25) is 0 Å². The smallest absolute Gasteiger partial charge is 0.0991 e. The van der Waals surface area contributed by atoms with Crippen LogP contribution in [0, 0.1) is 16.7 Å². The van der Waals surface area contributed by atoms with Crippen LogP contribution in [0.25, 0.3) is 0 Å². The van der Waals surface area contributed by atoms with Crippen LogP contribution in [0.15, 0.2) is 24.3 Å². The zero-order chi connectivity index (χ0) is 13.4. The molecule has 0 amide bonds. The second-order valence-corrected chi connectivity index (χ2v) is 5.41. The molecule has 1 aromatic rings. The first kappa shape index (κ1) is 14.7. The predicted molar refractivity (Wildman–Crippen MR) is 73.0 cm³/mol. The summed E-state index contributed by atoms with van der Waals surface area (Å²) < 4.78 is 0. The minimum Gasteiger partial charge on any atom is -0.396 e. The molecule has 0 saturated heterocycles. The third kappa shape index (κ3) is 5.31. The van der Waals surface area contributed by atoms with Crippen LogP contribution < -0.4 is 5.32 Å². The van der Waals surface area contributed by atoms with Gasteiger partial charge in [0.15, 0.2) is 0 Å². The molecule has 0 fully saturated rings. The van der Waals surface area contributed by atoms with Crippen LogP contribution in [-0.4, -0.2) is 18.3 Å². The number of nitrogens with zero attached hydrogens (tertiary/aromatic N) is 1. The van der Waals surface area contributed by atoms with E-state index in [1.165, 1.54) is 0 Å². The van der Waals surface area contributed by atoms with Gasteiger partial charge in [0.05, 0.1) is 11.6 Å². The summed E-state index contributed by atoms with van der Waals surface area (Å²) in [5.74, 6) is 0. The molecule has 98 valence electrons. The normalized spacial score (nSPS) is 11.2. The van der Waals surface area contributed by atoms with E-state index in [1.54, 1.807) is 0 Å². The Morgan fingerprint density at radius 2 is 2.17 bits per heavy atom. The van der Waals surface area contributed by atoms with Gasteiger partial charge in [-0.15, -0.1) is 0 Å². The molecular weight excluding hydrogens is 224 g/mol. The van der Waals surface area contributed by atoms with Crippen molar-refractivity contribution in [1.82, 2.24) is 5.32 Å². The zero-order valence-corrected chi connectivity index (χ0v) is 11.2. The van der Waals surface area contributed by atoms with Gasteiger partial charge in [0.1, 0.15) is 0 Å². The SMILES string of the molecule is CC(C)(CO)CCCNCc1cccc(C#N)c1. The second kappa shape index (κ2) is 7.15. The van der Waals surface area contributed by atoms with Crippen LogP contribution in [0.4, 0.5) is 0 Å². The third-order valence-corrected chi connectivity index (χ3v) is 3.02. The molecule has 3 heteroatoms. The monoisotopic (exact) mass is 246 g/mol. The lowest BCUT2D eigenvalue weighted by molar-refractivity contribution is 0.148. The van der Waals surface area contributed by atoms with Gasteiger partial charge in [-0.05, 0) is 42.5 Å². The van der Waals surface area contributed by atoms with Crippen LogP contribution in [0.5, 0.6) is 0 Å². The third-order valence-electron chi connectivity index (χ3n) is 3.02. The topological polar surface area (TPSA) is 56.0 Å². The Balaban J connectivity index is 2.24. The van der Waals surface area contributed by atoms with Crippen LogP contribution in [0.2, 0.25) is 0 Å². The van der Waals surface area contributed by atoms with Gasteiger partial charge in [0.25, 0.3) is 0 Å². The van der Waals surface area contributed by atoms with Crippen molar-refractivity contribution in [3.05, 3.63) is 35.4 Å². The quantitative estimate of drug-likeness (QED) is 0.727. The summed E-state index contributed by atoms with van der Waals surface area (Å²) in [4.78, 5) is 0. The van der Waals surface area contributed by atoms with E-state index in [-0.39, 0.29) is 12.0 Å². The van der Waals surface area contributed by atoms with Crippen molar-refractivity contribution in [3.8, 4) is 6.07 Å². The van der Waals surface area contributed by atoms with Crippen molar-refractivity contribution in [2.45, 2.75) is 33.2 Å². The summed E-state index contributed by atoms with van der Waals surface area (Å²) in [6.07, 6.45) is 2.06. The first-order chi connectivity index (χ1) is 8.57. The van der Waals surface area contributed by atoms with Crippen LogP contribution >= 0.6 is 0 Å². The van der Waals surface area contributed by atoms with Crippen LogP contribution in [0.3, 0.4) is 0 Å². The molecule has 0 aromatic heterocycles.